The Bertz CT molecular complexity index is 713. The zero-order valence-corrected chi connectivity index (χ0v) is 12.0. The highest BCUT2D eigenvalue weighted by molar-refractivity contribution is 5.79. The van der Waals surface area contributed by atoms with Gasteiger partial charge in [0, 0.05) is 18.9 Å². The molecule has 3 rings (SSSR count). The highest BCUT2D eigenvalue weighted by Gasteiger charge is 2.38. The normalized spacial score (nSPS) is 16.0. The average molecular weight is 284 g/mol. The number of benzene rings is 1. The van der Waals surface area contributed by atoms with Crippen LogP contribution in [0.5, 0.6) is 11.9 Å². The lowest BCUT2D eigenvalue weighted by Gasteiger charge is -2.17. The maximum Gasteiger partial charge on any atom is 0.633 e. The van der Waals surface area contributed by atoms with Gasteiger partial charge in [0.15, 0.2) is 11.4 Å². The average Bonchev–Trinajstić information content (AvgIpc) is 2.53. The first kappa shape index (κ1) is 13.7. The second-order valence-corrected chi connectivity index (χ2v) is 5.59. The van der Waals surface area contributed by atoms with Crippen molar-refractivity contribution in [1.82, 2.24) is 0 Å². The number of para-hydroxylation sites is 1. The maximum absolute atomic E-state index is 10.6. The molecule has 1 saturated carbocycles. The van der Waals surface area contributed by atoms with E-state index in [1.54, 1.807) is 9.13 Å². The number of terminal acetylenes is 1. The van der Waals surface area contributed by atoms with Crippen molar-refractivity contribution >= 4 is 10.9 Å². The SMILES string of the molecule is C#CC[n+]1c(O)[n+](C2CCCCC2)c(O)c2ccccc21. The second-order valence-electron chi connectivity index (χ2n) is 5.59. The van der Waals surface area contributed by atoms with Crippen LogP contribution in [-0.2, 0) is 6.54 Å². The smallest absolute Gasteiger partial charge is 0.459 e. The summed E-state index contributed by atoms with van der Waals surface area (Å²) in [7, 11) is 0. The lowest BCUT2D eigenvalue weighted by atomic mass is 9.95. The number of hydrogen-bond donors (Lipinski definition) is 2. The molecule has 1 aromatic heterocycles. The van der Waals surface area contributed by atoms with E-state index in [-0.39, 0.29) is 24.5 Å². The van der Waals surface area contributed by atoms with E-state index in [1.807, 2.05) is 24.3 Å². The number of fused-ring (bicyclic) bond motifs is 1. The molecule has 0 spiro atoms. The highest BCUT2D eigenvalue weighted by Crippen LogP contribution is 2.29. The molecule has 1 heterocycles. The maximum atomic E-state index is 10.6. The summed E-state index contributed by atoms with van der Waals surface area (Å²) in [5, 5.41) is 22.0. The van der Waals surface area contributed by atoms with Crippen molar-refractivity contribution in [2.75, 3.05) is 0 Å². The van der Waals surface area contributed by atoms with Gasteiger partial charge in [-0.3, -0.25) is 0 Å². The van der Waals surface area contributed by atoms with Gasteiger partial charge in [0.1, 0.15) is 0 Å². The minimum atomic E-state index is 0.0380. The molecule has 108 valence electrons. The summed E-state index contributed by atoms with van der Waals surface area (Å²) >= 11 is 0. The number of rotatable bonds is 2. The molecule has 0 unspecified atom stereocenters. The van der Waals surface area contributed by atoms with E-state index < -0.39 is 0 Å². The number of hydrogen-bond acceptors (Lipinski definition) is 2. The molecule has 2 N–H and O–H groups in total. The molecule has 21 heavy (non-hydrogen) atoms. The summed E-state index contributed by atoms with van der Waals surface area (Å²) in [6.07, 6.45) is 10.8. The summed E-state index contributed by atoms with van der Waals surface area (Å²) in [5.41, 5.74) is 0.748. The molecule has 0 amide bonds. The van der Waals surface area contributed by atoms with Gasteiger partial charge in [0.05, 0.1) is 0 Å². The van der Waals surface area contributed by atoms with Crippen molar-refractivity contribution < 1.29 is 19.3 Å². The molecule has 1 aliphatic carbocycles. The van der Waals surface area contributed by atoms with Gasteiger partial charge in [0.25, 0.3) is 0 Å². The van der Waals surface area contributed by atoms with Crippen LogP contribution in [0.2, 0.25) is 0 Å². The summed E-state index contributed by atoms with van der Waals surface area (Å²) in [6.45, 7) is 0.277. The third kappa shape index (κ3) is 2.29. The second kappa shape index (κ2) is 5.61. The Morgan fingerprint density at radius 1 is 1.14 bits per heavy atom. The van der Waals surface area contributed by atoms with E-state index in [9.17, 15) is 10.2 Å². The van der Waals surface area contributed by atoms with Gasteiger partial charge in [-0.1, -0.05) is 27.7 Å². The van der Waals surface area contributed by atoms with Crippen molar-refractivity contribution in [3.8, 4) is 24.2 Å². The summed E-state index contributed by atoms with van der Waals surface area (Å²) in [5.74, 6) is 2.70. The van der Waals surface area contributed by atoms with Crippen LogP contribution in [0, 0.1) is 12.3 Å². The molecular formula is C17H20N2O2+2. The van der Waals surface area contributed by atoms with Crippen LogP contribution in [-0.4, -0.2) is 10.2 Å². The molecule has 0 atom stereocenters. The van der Waals surface area contributed by atoms with Crippen LogP contribution in [0.25, 0.3) is 10.9 Å². The third-order valence-electron chi connectivity index (χ3n) is 4.31. The molecule has 2 aromatic rings. The van der Waals surface area contributed by atoms with Gasteiger partial charge in [0.2, 0.25) is 12.1 Å². The Balaban J connectivity index is 2.26. The van der Waals surface area contributed by atoms with Gasteiger partial charge in [-0.05, 0) is 24.8 Å². The van der Waals surface area contributed by atoms with E-state index in [2.05, 4.69) is 5.92 Å². The first-order chi connectivity index (χ1) is 10.2. The van der Waals surface area contributed by atoms with E-state index in [0.717, 1.165) is 36.6 Å². The van der Waals surface area contributed by atoms with Crippen LogP contribution in [0.15, 0.2) is 24.3 Å². The largest absolute Gasteiger partial charge is 0.633 e. The lowest BCUT2D eigenvalue weighted by molar-refractivity contribution is -0.831. The molecule has 0 aliphatic heterocycles. The van der Waals surface area contributed by atoms with Crippen LogP contribution < -0.4 is 9.13 Å². The topological polar surface area (TPSA) is 48.2 Å². The Morgan fingerprint density at radius 2 is 1.86 bits per heavy atom. The third-order valence-corrected chi connectivity index (χ3v) is 4.31. The molecule has 1 aromatic carbocycles. The van der Waals surface area contributed by atoms with Gasteiger partial charge in [-0.15, -0.1) is 6.42 Å². The Hall–Kier alpha value is -2.28. The Kier molecular flexibility index (Phi) is 3.66. The Morgan fingerprint density at radius 3 is 2.57 bits per heavy atom. The van der Waals surface area contributed by atoms with Crippen molar-refractivity contribution in [3.63, 3.8) is 0 Å². The van der Waals surface area contributed by atoms with E-state index in [4.69, 9.17) is 6.42 Å². The summed E-state index contributed by atoms with van der Waals surface area (Å²) < 4.78 is 3.34. The number of nitrogens with zero attached hydrogens (tertiary/aromatic N) is 2. The van der Waals surface area contributed by atoms with Gasteiger partial charge in [-0.25, -0.2) is 0 Å². The van der Waals surface area contributed by atoms with Gasteiger partial charge in [-0.2, -0.15) is 0 Å². The number of aromatic nitrogens is 2. The van der Waals surface area contributed by atoms with Gasteiger partial charge >= 0.3 is 11.9 Å². The predicted molar refractivity (Wildman–Crippen MR) is 78.6 cm³/mol. The highest BCUT2D eigenvalue weighted by atomic mass is 16.3. The van der Waals surface area contributed by atoms with E-state index >= 15 is 0 Å². The lowest BCUT2D eigenvalue weighted by Crippen LogP contribution is -2.51. The molecule has 1 fully saturated rings. The van der Waals surface area contributed by atoms with Crippen molar-refractivity contribution in [1.29, 1.82) is 0 Å². The van der Waals surface area contributed by atoms with Crippen molar-refractivity contribution in [2.45, 2.75) is 44.7 Å². The molecule has 0 saturated heterocycles. The zero-order chi connectivity index (χ0) is 14.8. The standard InChI is InChI=1S/C17H18N2O2/c1-2-12-18-15-11-7-6-10-14(15)16(20)19(17(18)21)13-8-4-3-5-9-13/h1,6-7,10-11,13H,3-5,8-9,12H2/p+2. The molecule has 1 aliphatic rings. The summed E-state index contributed by atoms with van der Waals surface area (Å²) in [6, 6.07) is 7.64. The van der Waals surface area contributed by atoms with Crippen molar-refractivity contribution in [2.24, 2.45) is 0 Å². The van der Waals surface area contributed by atoms with Crippen LogP contribution >= 0.6 is 0 Å². The predicted octanol–water partition coefficient (Wildman–Crippen LogP) is 1.96. The molecule has 0 bridgehead atoms. The van der Waals surface area contributed by atoms with E-state index in [1.165, 1.54) is 6.42 Å². The fourth-order valence-electron chi connectivity index (χ4n) is 3.28. The molecule has 4 heteroatoms. The van der Waals surface area contributed by atoms with Gasteiger partial charge < -0.3 is 10.2 Å². The van der Waals surface area contributed by atoms with Crippen molar-refractivity contribution in [3.05, 3.63) is 24.3 Å². The minimum absolute atomic E-state index is 0.0380. The molecule has 4 nitrogen and oxygen atoms in total. The molecular weight excluding hydrogens is 264 g/mol. The zero-order valence-electron chi connectivity index (χ0n) is 12.0. The monoisotopic (exact) mass is 284 g/mol. The quantitative estimate of drug-likeness (QED) is 0.654. The van der Waals surface area contributed by atoms with Crippen LogP contribution in [0.1, 0.15) is 38.1 Å². The minimum Gasteiger partial charge on any atom is -0.459 e. The first-order valence-corrected chi connectivity index (χ1v) is 7.45. The molecule has 0 radical (unpaired) electrons. The number of aromatic hydroxyl groups is 2. The van der Waals surface area contributed by atoms with Crippen LogP contribution in [0.4, 0.5) is 0 Å². The van der Waals surface area contributed by atoms with E-state index in [0.29, 0.717) is 0 Å². The Labute approximate surface area is 124 Å². The summed E-state index contributed by atoms with van der Waals surface area (Å²) in [4.78, 5) is 0. The fourth-order valence-corrected chi connectivity index (χ4v) is 3.28. The fraction of sp³-hybridized carbons (Fsp3) is 0.412. The first-order valence-electron chi connectivity index (χ1n) is 7.45. The van der Waals surface area contributed by atoms with Crippen LogP contribution in [0.3, 0.4) is 0 Å².